The van der Waals surface area contributed by atoms with Gasteiger partial charge in [-0.25, -0.2) is 0 Å². The Morgan fingerprint density at radius 2 is 2.15 bits per heavy atom. The van der Waals surface area contributed by atoms with Crippen LogP contribution in [0.3, 0.4) is 0 Å². The molecule has 1 aliphatic heterocycles. The van der Waals surface area contributed by atoms with Gasteiger partial charge in [-0.2, -0.15) is 11.8 Å². The number of rotatable bonds is 3. The smallest absolute Gasteiger partial charge is 0.236 e. The van der Waals surface area contributed by atoms with E-state index < -0.39 is 0 Å². The van der Waals surface area contributed by atoms with Crippen LogP contribution in [0.1, 0.15) is 19.3 Å². The van der Waals surface area contributed by atoms with Crippen LogP contribution in [0.5, 0.6) is 0 Å². The standard InChI is InChI=1S/C9H16N2OS/c10-5-9(12)11(7-1-2-7)8-3-4-13-6-8/h7-8H,1-6,10H2/t8-/m0/s1. The third kappa shape index (κ3) is 1.99. The molecule has 1 heterocycles. The topological polar surface area (TPSA) is 46.3 Å². The van der Waals surface area contributed by atoms with Crippen LogP contribution in [0, 0.1) is 0 Å². The second-order valence-electron chi connectivity index (χ2n) is 3.75. The zero-order valence-corrected chi connectivity index (χ0v) is 8.55. The molecule has 0 spiro atoms. The van der Waals surface area contributed by atoms with E-state index in [0.29, 0.717) is 12.1 Å². The summed E-state index contributed by atoms with van der Waals surface area (Å²) in [4.78, 5) is 13.6. The Labute approximate surface area is 83.0 Å². The largest absolute Gasteiger partial charge is 0.335 e. The predicted octanol–water partition coefficient (Wildman–Crippen LogP) is 0.442. The fourth-order valence-electron chi connectivity index (χ4n) is 1.90. The fraction of sp³-hybridized carbons (Fsp3) is 0.889. The van der Waals surface area contributed by atoms with Crippen molar-refractivity contribution in [3.8, 4) is 0 Å². The van der Waals surface area contributed by atoms with E-state index in [9.17, 15) is 4.79 Å². The van der Waals surface area contributed by atoms with Crippen molar-refractivity contribution in [2.75, 3.05) is 18.1 Å². The van der Waals surface area contributed by atoms with Gasteiger partial charge in [0, 0.05) is 17.8 Å². The molecule has 1 atom stereocenters. The van der Waals surface area contributed by atoms with Crippen molar-refractivity contribution in [2.45, 2.75) is 31.3 Å². The van der Waals surface area contributed by atoms with Gasteiger partial charge < -0.3 is 10.6 Å². The molecular weight excluding hydrogens is 184 g/mol. The van der Waals surface area contributed by atoms with E-state index in [1.54, 1.807) is 0 Å². The summed E-state index contributed by atoms with van der Waals surface area (Å²) in [6.45, 7) is 0.178. The van der Waals surface area contributed by atoms with Gasteiger partial charge >= 0.3 is 0 Å². The number of amides is 1. The third-order valence-electron chi connectivity index (χ3n) is 2.70. The molecule has 0 aromatic carbocycles. The number of thioether (sulfide) groups is 1. The Morgan fingerprint density at radius 1 is 1.38 bits per heavy atom. The average Bonchev–Trinajstić information content (AvgIpc) is 2.81. The molecule has 4 heteroatoms. The first kappa shape index (κ1) is 9.34. The summed E-state index contributed by atoms with van der Waals surface area (Å²) in [6, 6.07) is 1.01. The van der Waals surface area contributed by atoms with Crippen molar-refractivity contribution in [1.29, 1.82) is 0 Å². The van der Waals surface area contributed by atoms with E-state index in [-0.39, 0.29) is 12.5 Å². The van der Waals surface area contributed by atoms with E-state index in [1.165, 1.54) is 18.6 Å². The van der Waals surface area contributed by atoms with E-state index in [1.807, 2.05) is 11.8 Å². The van der Waals surface area contributed by atoms with Crippen molar-refractivity contribution in [1.82, 2.24) is 4.90 Å². The fourth-order valence-corrected chi connectivity index (χ4v) is 3.11. The molecule has 0 radical (unpaired) electrons. The van der Waals surface area contributed by atoms with Crippen molar-refractivity contribution < 1.29 is 4.79 Å². The molecule has 74 valence electrons. The summed E-state index contributed by atoms with van der Waals surface area (Å²) in [5, 5.41) is 0. The molecule has 0 aromatic rings. The summed E-state index contributed by atoms with van der Waals surface area (Å²) in [5.41, 5.74) is 5.41. The Bertz CT molecular complexity index is 200. The predicted molar refractivity (Wildman–Crippen MR) is 54.7 cm³/mol. The first-order valence-electron chi connectivity index (χ1n) is 4.92. The van der Waals surface area contributed by atoms with E-state index in [4.69, 9.17) is 5.73 Å². The molecule has 2 rings (SSSR count). The molecule has 2 N–H and O–H groups in total. The van der Waals surface area contributed by atoms with Gasteiger partial charge in [0.2, 0.25) is 5.91 Å². The van der Waals surface area contributed by atoms with Gasteiger partial charge in [0.05, 0.1) is 6.54 Å². The highest BCUT2D eigenvalue weighted by Gasteiger charge is 2.37. The third-order valence-corrected chi connectivity index (χ3v) is 3.85. The Kier molecular flexibility index (Phi) is 2.79. The molecule has 1 saturated carbocycles. The molecule has 2 fully saturated rings. The normalized spacial score (nSPS) is 27.6. The SMILES string of the molecule is NCC(=O)N(C1CC1)[C@H]1CCSC1. The molecular formula is C9H16N2OS. The minimum absolute atomic E-state index is 0.148. The van der Waals surface area contributed by atoms with E-state index in [2.05, 4.69) is 4.90 Å². The maximum Gasteiger partial charge on any atom is 0.236 e. The molecule has 13 heavy (non-hydrogen) atoms. The van der Waals surface area contributed by atoms with Crippen molar-refractivity contribution >= 4 is 17.7 Å². The van der Waals surface area contributed by atoms with Crippen LogP contribution < -0.4 is 5.73 Å². The van der Waals surface area contributed by atoms with Crippen LogP contribution >= 0.6 is 11.8 Å². The van der Waals surface area contributed by atoms with Gasteiger partial charge in [0.25, 0.3) is 0 Å². The van der Waals surface area contributed by atoms with Crippen LogP contribution in [0.2, 0.25) is 0 Å². The Balaban J connectivity index is 1.99. The number of hydrogen-bond acceptors (Lipinski definition) is 3. The van der Waals surface area contributed by atoms with Gasteiger partial charge in [-0.05, 0) is 25.0 Å². The quantitative estimate of drug-likeness (QED) is 0.719. The first-order chi connectivity index (χ1) is 6.33. The van der Waals surface area contributed by atoms with E-state index >= 15 is 0 Å². The highest BCUT2D eigenvalue weighted by atomic mass is 32.2. The maximum atomic E-state index is 11.6. The summed E-state index contributed by atoms with van der Waals surface area (Å²) < 4.78 is 0. The summed E-state index contributed by atoms with van der Waals surface area (Å²) in [6.07, 6.45) is 3.53. The molecule has 1 aliphatic carbocycles. The van der Waals surface area contributed by atoms with Crippen molar-refractivity contribution in [3.63, 3.8) is 0 Å². The lowest BCUT2D eigenvalue weighted by Crippen LogP contribution is -2.45. The van der Waals surface area contributed by atoms with Crippen LogP contribution in [0.25, 0.3) is 0 Å². The molecule has 1 saturated heterocycles. The average molecular weight is 200 g/mol. The molecule has 2 aliphatic rings. The Hall–Kier alpha value is -0.220. The summed E-state index contributed by atoms with van der Waals surface area (Å²) >= 11 is 1.95. The second-order valence-corrected chi connectivity index (χ2v) is 4.90. The zero-order chi connectivity index (χ0) is 9.26. The van der Waals surface area contributed by atoms with Gasteiger partial charge in [-0.3, -0.25) is 4.79 Å². The minimum atomic E-state index is 0.148. The van der Waals surface area contributed by atoms with Gasteiger partial charge in [-0.1, -0.05) is 0 Å². The molecule has 3 nitrogen and oxygen atoms in total. The first-order valence-corrected chi connectivity index (χ1v) is 6.07. The molecule has 0 bridgehead atoms. The number of nitrogens with zero attached hydrogens (tertiary/aromatic N) is 1. The summed E-state index contributed by atoms with van der Waals surface area (Å²) in [7, 11) is 0. The summed E-state index contributed by atoms with van der Waals surface area (Å²) in [5.74, 6) is 2.46. The lowest BCUT2D eigenvalue weighted by molar-refractivity contribution is -0.132. The number of hydrogen-bond donors (Lipinski definition) is 1. The van der Waals surface area contributed by atoms with Gasteiger partial charge in [0.1, 0.15) is 0 Å². The number of nitrogens with two attached hydrogens (primary N) is 1. The van der Waals surface area contributed by atoms with E-state index in [0.717, 1.165) is 12.2 Å². The maximum absolute atomic E-state index is 11.6. The van der Waals surface area contributed by atoms with Crippen LogP contribution in [0.15, 0.2) is 0 Å². The van der Waals surface area contributed by atoms with Gasteiger partial charge in [0.15, 0.2) is 0 Å². The monoisotopic (exact) mass is 200 g/mol. The Morgan fingerprint density at radius 3 is 2.62 bits per heavy atom. The van der Waals surface area contributed by atoms with Crippen LogP contribution in [0.4, 0.5) is 0 Å². The second kappa shape index (κ2) is 3.88. The molecule has 0 unspecified atom stereocenters. The van der Waals surface area contributed by atoms with Crippen LogP contribution in [-0.4, -0.2) is 40.9 Å². The minimum Gasteiger partial charge on any atom is -0.335 e. The zero-order valence-electron chi connectivity index (χ0n) is 7.74. The van der Waals surface area contributed by atoms with Crippen LogP contribution in [-0.2, 0) is 4.79 Å². The number of carbonyl (C=O) groups is 1. The lowest BCUT2D eigenvalue weighted by atomic mass is 10.2. The van der Waals surface area contributed by atoms with Crippen molar-refractivity contribution in [2.24, 2.45) is 5.73 Å². The highest BCUT2D eigenvalue weighted by molar-refractivity contribution is 7.99. The highest BCUT2D eigenvalue weighted by Crippen LogP contribution is 2.33. The van der Waals surface area contributed by atoms with Gasteiger partial charge in [-0.15, -0.1) is 0 Å². The molecule has 0 aromatic heterocycles. The lowest BCUT2D eigenvalue weighted by Gasteiger charge is -2.28. The molecule has 1 amide bonds. The number of carbonyl (C=O) groups excluding carboxylic acids is 1. The van der Waals surface area contributed by atoms with Crippen molar-refractivity contribution in [3.05, 3.63) is 0 Å².